The van der Waals surface area contributed by atoms with E-state index >= 15 is 0 Å². The van der Waals surface area contributed by atoms with Crippen LogP contribution >= 0.6 is 0 Å². The lowest BCUT2D eigenvalue weighted by Crippen LogP contribution is -2.29. The third-order valence-corrected chi connectivity index (χ3v) is 4.28. The van der Waals surface area contributed by atoms with Gasteiger partial charge < -0.3 is 14.8 Å². The first-order chi connectivity index (χ1) is 12.5. The smallest absolute Gasteiger partial charge is 0.338 e. The number of ether oxygens (including phenoxy) is 2. The van der Waals surface area contributed by atoms with Crippen molar-refractivity contribution in [1.29, 1.82) is 0 Å². The Hall–Kier alpha value is -2.90. The minimum Gasteiger partial charge on any atom is -0.494 e. The lowest BCUT2D eigenvalue weighted by atomic mass is 9.96. The summed E-state index contributed by atoms with van der Waals surface area (Å²) in [6.07, 6.45) is 0.998. The zero-order valence-corrected chi connectivity index (χ0v) is 15.4. The van der Waals surface area contributed by atoms with Crippen LogP contribution in [0, 0.1) is 5.92 Å². The molecule has 8 heteroatoms. The average Bonchev–Trinajstić information content (AvgIpc) is 3.08. The van der Waals surface area contributed by atoms with Gasteiger partial charge in [0.15, 0.2) is 0 Å². The normalized spacial score (nSPS) is 16.3. The molecule has 0 saturated carbocycles. The van der Waals surface area contributed by atoms with Gasteiger partial charge in [0.25, 0.3) is 0 Å². The molecule has 138 valence electrons. The Bertz CT molecular complexity index is 810. The van der Waals surface area contributed by atoms with Crippen molar-refractivity contribution in [2.75, 3.05) is 19.0 Å². The second kappa shape index (κ2) is 7.55. The molecule has 0 amide bonds. The van der Waals surface area contributed by atoms with Crippen LogP contribution in [0.5, 0.6) is 5.75 Å². The van der Waals surface area contributed by atoms with Gasteiger partial charge in [-0.15, -0.1) is 0 Å². The van der Waals surface area contributed by atoms with Crippen LogP contribution in [0.2, 0.25) is 0 Å². The number of carbonyl (C=O) groups excluding carboxylic acids is 1. The minimum atomic E-state index is -0.460. The van der Waals surface area contributed by atoms with Gasteiger partial charge in [-0.05, 0) is 47.4 Å². The number of nitrogens with one attached hydrogen (secondary N) is 1. The van der Waals surface area contributed by atoms with Gasteiger partial charge in [0, 0.05) is 5.70 Å². The second-order valence-corrected chi connectivity index (χ2v) is 6.60. The van der Waals surface area contributed by atoms with E-state index in [0.29, 0.717) is 29.7 Å². The summed E-state index contributed by atoms with van der Waals surface area (Å²) < 4.78 is 12.3. The Morgan fingerprint density at radius 1 is 1.31 bits per heavy atom. The van der Waals surface area contributed by atoms with Crippen LogP contribution in [0.15, 0.2) is 35.5 Å². The number of anilines is 1. The molecular formula is C18H23N5O3. The third-order valence-electron chi connectivity index (χ3n) is 4.28. The summed E-state index contributed by atoms with van der Waals surface area (Å²) in [4.78, 5) is 12.3. The maximum absolute atomic E-state index is 12.3. The highest BCUT2D eigenvalue weighted by molar-refractivity contribution is 5.92. The molecule has 0 saturated heterocycles. The van der Waals surface area contributed by atoms with Gasteiger partial charge >= 0.3 is 5.97 Å². The predicted octanol–water partition coefficient (Wildman–Crippen LogP) is 2.56. The fourth-order valence-corrected chi connectivity index (χ4v) is 2.85. The fourth-order valence-electron chi connectivity index (χ4n) is 2.85. The average molecular weight is 357 g/mol. The van der Waals surface area contributed by atoms with Gasteiger partial charge in [0.2, 0.25) is 5.95 Å². The van der Waals surface area contributed by atoms with Crippen molar-refractivity contribution in [2.45, 2.75) is 33.2 Å². The number of carbonyl (C=O) groups is 1. The maximum atomic E-state index is 12.3. The maximum Gasteiger partial charge on any atom is 0.338 e. The van der Waals surface area contributed by atoms with Crippen LogP contribution in [-0.4, -0.2) is 39.9 Å². The van der Waals surface area contributed by atoms with Gasteiger partial charge in [0.1, 0.15) is 11.8 Å². The topological polar surface area (TPSA) is 91.2 Å². The summed E-state index contributed by atoms with van der Waals surface area (Å²) in [7, 11) is 1.36. The van der Waals surface area contributed by atoms with Crippen molar-refractivity contribution in [3.05, 3.63) is 41.1 Å². The summed E-state index contributed by atoms with van der Waals surface area (Å²) in [6, 6.07) is 7.17. The Labute approximate surface area is 152 Å². The molecule has 1 unspecified atom stereocenters. The highest BCUT2D eigenvalue weighted by atomic mass is 16.5. The van der Waals surface area contributed by atoms with Gasteiger partial charge in [-0.3, -0.25) is 0 Å². The molecule has 8 nitrogen and oxygen atoms in total. The molecule has 26 heavy (non-hydrogen) atoms. The van der Waals surface area contributed by atoms with E-state index in [1.807, 2.05) is 24.3 Å². The molecule has 2 heterocycles. The first kappa shape index (κ1) is 17.9. The highest BCUT2D eigenvalue weighted by Gasteiger charge is 2.34. The lowest BCUT2D eigenvalue weighted by molar-refractivity contribution is -0.136. The largest absolute Gasteiger partial charge is 0.494 e. The molecule has 1 aromatic heterocycles. The van der Waals surface area contributed by atoms with Crippen LogP contribution < -0.4 is 10.1 Å². The molecule has 0 radical (unpaired) electrons. The molecule has 0 aliphatic carbocycles. The van der Waals surface area contributed by atoms with Gasteiger partial charge in [-0.25, -0.2) is 4.79 Å². The van der Waals surface area contributed by atoms with Crippen LogP contribution in [0.25, 0.3) is 0 Å². The standard InChI is InChI=1S/C18H23N5O3/c1-11(2)9-10-26-14-7-5-13(6-8-14)16-15(17(24)25-4)12(3)19-18-20-21-22-23(16)18/h5-8,11,16H,9-10H2,1-4H3,(H,19,20,22). The predicted molar refractivity (Wildman–Crippen MR) is 95.7 cm³/mol. The molecule has 0 bridgehead atoms. The molecule has 0 fully saturated rings. The fraction of sp³-hybridized carbons (Fsp3) is 0.444. The molecule has 1 atom stereocenters. The monoisotopic (exact) mass is 357 g/mol. The molecule has 1 aromatic carbocycles. The number of methoxy groups -OCH3 is 1. The number of aromatic nitrogens is 4. The number of allylic oxidation sites excluding steroid dienone is 1. The number of rotatable bonds is 6. The van der Waals surface area contributed by atoms with E-state index in [-0.39, 0.29) is 0 Å². The summed E-state index contributed by atoms with van der Waals surface area (Å²) >= 11 is 0. The Balaban J connectivity index is 1.89. The van der Waals surface area contributed by atoms with Crippen molar-refractivity contribution in [1.82, 2.24) is 20.2 Å². The zero-order valence-electron chi connectivity index (χ0n) is 15.4. The minimum absolute atomic E-state index is 0.418. The number of esters is 1. The molecular weight excluding hydrogens is 334 g/mol. The van der Waals surface area contributed by atoms with Crippen LogP contribution in [0.1, 0.15) is 38.8 Å². The lowest BCUT2D eigenvalue weighted by Gasteiger charge is -2.27. The van der Waals surface area contributed by atoms with Crippen molar-refractivity contribution in [2.24, 2.45) is 5.92 Å². The van der Waals surface area contributed by atoms with Crippen molar-refractivity contribution >= 4 is 11.9 Å². The summed E-state index contributed by atoms with van der Waals surface area (Å²) in [5, 5.41) is 14.7. The van der Waals surface area contributed by atoms with E-state index in [0.717, 1.165) is 17.7 Å². The van der Waals surface area contributed by atoms with E-state index in [9.17, 15) is 4.79 Å². The SMILES string of the molecule is COC(=O)C1=C(C)Nc2nnnn2C1c1ccc(OCCC(C)C)cc1. The Morgan fingerprint density at radius 2 is 2.04 bits per heavy atom. The highest BCUT2D eigenvalue weighted by Crippen LogP contribution is 2.35. The second-order valence-electron chi connectivity index (χ2n) is 6.60. The van der Waals surface area contributed by atoms with E-state index < -0.39 is 12.0 Å². The zero-order chi connectivity index (χ0) is 18.7. The molecule has 1 aliphatic heterocycles. The van der Waals surface area contributed by atoms with Crippen molar-refractivity contribution < 1.29 is 14.3 Å². The van der Waals surface area contributed by atoms with Gasteiger partial charge in [-0.1, -0.05) is 31.1 Å². The first-order valence-corrected chi connectivity index (χ1v) is 8.58. The van der Waals surface area contributed by atoms with Crippen molar-refractivity contribution in [3.63, 3.8) is 0 Å². The van der Waals surface area contributed by atoms with E-state index in [1.165, 1.54) is 7.11 Å². The summed E-state index contributed by atoms with van der Waals surface area (Å²) in [6.45, 7) is 6.81. The number of hydrogen-bond acceptors (Lipinski definition) is 7. The van der Waals surface area contributed by atoms with Crippen LogP contribution in [0.4, 0.5) is 5.95 Å². The molecule has 2 aromatic rings. The number of hydrogen-bond donors (Lipinski definition) is 1. The Morgan fingerprint density at radius 3 is 2.69 bits per heavy atom. The third kappa shape index (κ3) is 3.54. The van der Waals surface area contributed by atoms with Crippen LogP contribution in [0.3, 0.4) is 0 Å². The molecule has 1 aliphatic rings. The molecule has 1 N–H and O–H groups in total. The van der Waals surface area contributed by atoms with E-state index in [2.05, 4.69) is 34.7 Å². The van der Waals surface area contributed by atoms with Crippen LogP contribution in [-0.2, 0) is 9.53 Å². The number of tetrazole rings is 1. The summed E-state index contributed by atoms with van der Waals surface area (Å²) in [5.41, 5.74) is 2.01. The summed E-state index contributed by atoms with van der Waals surface area (Å²) in [5.74, 6) is 1.45. The molecule has 0 spiro atoms. The van der Waals surface area contributed by atoms with Crippen molar-refractivity contribution in [3.8, 4) is 5.75 Å². The quantitative estimate of drug-likeness (QED) is 0.794. The first-order valence-electron chi connectivity index (χ1n) is 8.58. The number of fused-ring (bicyclic) bond motifs is 1. The molecule has 3 rings (SSSR count). The Kier molecular flexibility index (Phi) is 5.20. The van der Waals surface area contributed by atoms with E-state index in [1.54, 1.807) is 11.6 Å². The number of nitrogens with zero attached hydrogens (tertiary/aromatic N) is 4. The van der Waals surface area contributed by atoms with Gasteiger partial charge in [0.05, 0.1) is 19.3 Å². The van der Waals surface area contributed by atoms with Gasteiger partial charge in [-0.2, -0.15) is 4.68 Å². The van der Waals surface area contributed by atoms with E-state index in [4.69, 9.17) is 9.47 Å². The number of benzene rings is 1.